The third kappa shape index (κ3) is 5.34. The molecule has 1 amide bonds. The Labute approximate surface area is 159 Å². The van der Waals surface area contributed by atoms with E-state index in [0.29, 0.717) is 25.2 Å². The summed E-state index contributed by atoms with van der Waals surface area (Å²) in [5.74, 6) is 1.77. The Morgan fingerprint density at radius 3 is 2.72 bits per heavy atom. The van der Waals surface area contributed by atoms with Crippen LogP contribution in [0.25, 0.3) is 0 Å². The molecule has 2 fully saturated rings. The molecule has 25 heavy (non-hydrogen) atoms. The molecule has 6 nitrogen and oxygen atoms in total. The third-order valence-corrected chi connectivity index (χ3v) is 6.77. The van der Waals surface area contributed by atoms with Crippen molar-refractivity contribution in [3.05, 3.63) is 29.8 Å². The lowest BCUT2D eigenvalue weighted by Gasteiger charge is -2.26. The summed E-state index contributed by atoms with van der Waals surface area (Å²) in [6.07, 6.45) is 1.79. The quantitative estimate of drug-likeness (QED) is 0.790. The molecule has 0 bridgehead atoms. The van der Waals surface area contributed by atoms with E-state index in [-0.39, 0.29) is 29.3 Å². The fraction of sp³-hybridized carbons (Fsp3) is 0.562. The van der Waals surface area contributed by atoms with Crippen LogP contribution < -0.4 is 10.0 Å². The first-order valence-corrected chi connectivity index (χ1v) is 10.9. The molecule has 0 spiro atoms. The molecular weight excluding hydrogens is 382 g/mol. The van der Waals surface area contributed by atoms with Crippen molar-refractivity contribution in [2.45, 2.75) is 23.8 Å². The summed E-state index contributed by atoms with van der Waals surface area (Å²) < 4.78 is 27.9. The summed E-state index contributed by atoms with van der Waals surface area (Å²) in [6.45, 7) is 3.00. The number of benzene rings is 1. The zero-order chi connectivity index (χ0) is 17.0. The molecule has 9 heteroatoms. The first-order valence-electron chi connectivity index (χ1n) is 8.26. The van der Waals surface area contributed by atoms with Gasteiger partial charge in [0.1, 0.15) is 0 Å². The highest BCUT2D eigenvalue weighted by molar-refractivity contribution is 7.99. The van der Waals surface area contributed by atoms with Gasteiger partial charge in [-0.3, -0.25) is 4.79 Å². The number of hydrogen-bond donors (Lipinski definition) is 2. The van der Waals surface area contributed by atoms with Crippen molar-refractivity contribution in [2.75, 3.05) is 37.7 Å². The summed E-state index contributed by atoms with van der Waals surface area (Å²) in [5, 5.41) is 3.19. The SMILES string of the molecule is Cl.O=C(c1cccc(S(=O)(=O)N[C@@H]2CCCNC2)c1)N1CCSCC1. The molecule has 2 N–H and O–H groups in total. The number of nitrogens with one attached hydrogen (secondary N) is 2. The van der Waals surface area contributed by atoms with Gasteiger partial charge in [0.25, 0.3) is 5.91 Å². The lowest BCUT2D eigenvalue weighted by molar-refractivity contribution is 0.0772. The molecule has 2 heterocycles. The van der Waals surface area contributed by atoms with Crippen LogP contribution in [-0.4, -0.2) is 63.0 Å². The van der Waals surface area contributed by atoms with Crippen LogP contribution in [-0.2, 0) is 10.0 Å². The predicted octanol–water partition coefficient (Wildman–Crippen LogP) is 1.33. The third-order valence-electron chi connectivity index (χ3n) is 4.31. The molecule has 3 rings (SSSR count). The summed E-state index contributed by atoms with van der Waals surface area (Å²) in [4.78, 5) is 14.5. The minimum Gasteiger partial charge on any atom is -0.337 e. The predicted molar refractivity (Wildman–Crippen MR) is 103 cm³/mol. The Morgan fingerprint density at radius 1 is 1.28 bits per heavy atom. The Kier molecular flexibility index (Phi) is 7.57. The van der Waals surface area contributed by atoms with Gasteiger partial charge in [0.15, 0.2) is 0 Å². The van der Waals surface area contributed by atoms with E-state index in [0.717, 1.165) is 30.9 Å². The number of amides is 1. The minimum absolute atomic E-state index is 0. The normalized spacial score (nSPS) is 21.4. The van der Waals surface area contributed by atoms with E-state index in [1.807, 2.05) is 11.8 Å². The van der Waals surface area contributed by atoms with Crippen LogP contribution in [0.15, 0.2) is 29.2 Å². The highest BCUT2D eigenvalue weighted by Crippen LogP contribution is 2.17. The van der Waals surface area contributed by atoms with E-state index in [1.54, 1.807) is 23.1 Å². The molecule has 1 aromatic rings. The number of halogens is 1. The summed E-state index contributed by atoms with van der Waals surface area (Å²) in [6, 6.07) is 6.26. The lowest BCUT2D eigenvalue weighted by atomic mass is 10.1. The van der Waals surface area contributed by atoms with Gasteiger partial charge in [0.05, 0.1) is 4.90 Å². The summed E-state index contributed by atoms with van der Waals surface area (Å²) >= 11 is 1.83. The van der Waals surface area contributed by atoms with Gasteiger partial charge in [-0.15, -0.1) is 12.4 Å². The average molecular weight is 406 g/mol. The molecule has 1 atom stereocenters. The van der Waals surface area contributed by atoms with Gasteiger partial charge in [0.2, 0.25) is 10.0 Å². The second-order valence-corrected chi connectivity index (χ2v) is 9.04. The van der Waals surface area contributed by atoms with E-state index in [1.165, 1.54) is 6.07 Å². The number of rotatable bonds is 4. The van der Waals surface area contributed by atoms with Crippen molar-refractivity contribution < 1.29 is 13.2 Å². The van der Waals surface area contributed by atoms with Crippen LogP contribution in [0, 0.1) is 0 Å². The molecule has 2 saturated heterocycles. The molecule has 0 saturated carbocycles. The van der Waals surface area contributed by atoms with Gasteiger partial charge < -0.3 is 10.2 Å². The lowest BCUT2D eigenvalue weighted by Crippen LogP contribution is -2.45. The summed E-state index contributed by atoms with van der Waals surface area (Å²) in [5.41, 5.74) is 0.437. The van der Waals surface area contributed by atoms with Gasteiger partial charge in [-0.25, -0.2) is 13.1 Å². The Balaban J connectivity index is 0.00000225. The Hall–Kier alpha value is -0.800. The Morgan fingerprint density at radius 2 is 2.04 bits per heavy atom. The van der Waals surface area contributed by atoms with Crippen LogP contribution in [0.4, 0.5) is 0 Å². The smallest absolute Gasteiger partial charge is 0.253 e. The van der Waals surface area contributed by atoms with Crippen molar-refractivity contribution >= 4 is 40.1 Å². The van der Waals surface area contributed by atoms with Gasteiger partial charge >= 0.3 is 0 Å². The van der Waals surface area contributed by atoms with Crippen LogP contribution in [0.1, 0.15) is 23.2 Å². The van der Waals surface area contributed by atoms with Crippen molar-refractivity contribution in [2.24, 2.45) is 0 Å². The zero-order valence-corrected chi connectivity index (χ0v) is 16.4. The molecule has 0 aromatic heterocycles. The fourth-order valence-electron chi connectivity index (χ4n) is 2.99. The van der Waals surface area contributed by atoms with Crippen molar-refractivity contribution in [1.82, 2.24) is 14.9 Å². The van der Waals surface area contributed by atoms with Crippen LogP contribution in [0.5, 0.6) is 0 Å². The molecule has 140 valence electrons. The summed E-state index contributed by atoms with van der Waals surface area (Å²) in [7, 11) is -3.61. The highest BCUT2D eigenvalue weighted by atomic mass is 35.5. The fourth-order valence-corrected chi connectivity index (χ4v) is 5.20. The van der Waals surface area contributed by atoms with Crippen molar-refractivity contribution in [3.63, 3.8) is 0 Å². The molecule has 2 aliphatic heterocycles. The van der Waals surface area contributed by atoms with Crippen LogP contribution in [0.2, 0.25) is 0 Å². The molecule has 1 aromatic carbocycles. The average Bonchev–Trinajstić information content (AvgIpc) is 2.62. The molecule has 0 unspecified atom stereocenters. The number of carbonyl (C=O) groups excluding carboxylic acids is 1. The van der Waals surface area contributed by atoms with E-state index < -0.39 is 10.0 Å². The minimum atomic E-state index is -3.61. The van der Waals surface area contributed by atoms with Gasteiger partial charge in [-0.2, -0.15) is 11.8 Å². The second kappa shape index (κ2) is 9.23. The molecule has 0 radical (unpaired) electrons. The van der Waals surface area contributed by atoms with Crippen LogP contribution in [0.3, 0.4) is 0 Å². The number of piperidine rings is 1. The van der Waals surface area contributed by atoms with E-state index >= 15 is 0 Å². The molecular formula is C16H24ClN3O3S2. The number of hydrogen-bond acceptors (Lipinski definition) is 5. The maximum absolute atomic E-state index is 12.6. The second-order valence-electron chi connectivity index (χ2n) is 6.10. The topological polar surface area (TPSA) is 78.5 Å². The molecule has 2 aliphatic rings. The maximum atomic E-state index is 12.6. The van der Waals surface area contributed by atoms with E-state index in [9.17, 15) is 13.2 Å². The first-order chi connectivity index (χ1) is 11.6. The van der Waals surface area contributed by atoms with Gasteiger partial charge in [-0.1, -0.05) is 6.07 Å². The Bertz CT molecular complexity index is 688. The first kappa shape index (κ1) is 20.5. The number of sulfonamides is 1. The number of carbonyl (C=O) groups is 1. The van der Waals surface area contributed by atoms with Crippen LogP contribution >= 0.6 is 24.2 Å². The largest absolute Gasteiger partial charge is 0.337 e. The van der Waals surface area contributed by atoms with Crippen molar-refractivity contribution in [1.29, 1.82) is 0 Å². The standard InChI is InChI=1S/C16H23N3O3S2.ClH/c20-16(19-7-9-23-10-8-19)13-3-1-5-15(11-13)24(21,22)18-14-4-2-6-17-12-14;/h1,3,5,11,14,17-18H,2,4,6-10,12H2;1H/t14-;/m1./s1. The van der Waals surface area contributed by atoms with Gasteiger partial charge in [-0.05, 0) is 37.6 Å². The zero-order valence-electron chi connectivity index (χ0n) is 13.9. The number of nitrogens with zero attached hydrogens (tertiary/aromatic N) is 1. The highest BCUT2D eigenvalue weighted by Gasteiger charge is 2.24. The number of thioether (sulfide) groups is 1. The maximum Gasteiger partial charge on any atom is 0.253 e. The van der Waals surface area contributed by atoms with E-state index in [4.69, 9.17) is 0 Å². The van der Waals surface area contributed by atoms with Gasteiger partial charge in [0, 0.05) is 42.7 Å². The molecule has 0 aliphatic carbocycles. The van der Waals surface area contributed by atoms with Crippen molar-refractivity contribution in [3.8, 4) is 0 Å². The van der Waals surface area contributed by atoms with E-state index in [2.05, 4.69) is 10.0 Å². The monoisotopic (exact) mass is 405 g/mol.